The molecule has 5 heteroatoms. The van der Waals surface area contributed by atoms with Gasteiger partial charge in [-0.3, -0.25) is 0 Å². The summed E-state index contributed by atoms with van der Waals surface area (Å²) in [6.45, 7) is 5.87. The van der Waals surface area contributed by atoms with Crippen LogP contribution in [0.2, 0.25) is 0 Å². The Hall–Kier alpha value is -1.16. The van der Waals surface area contributed by atoms with Crippen molar-refractivity contribution in [3.8, 4) is 0 Å². The Morgan fingerprint density at radius 1 is 1.26 bits per heavy atom. The molecule has 1 heterocycles. The first-order chi connectivity index (χ1) is 8.99. The standard InChI is InChI=1S/C14H17ClF2N2/c1-4-10(5-2)19-12-7-9(16)6-11(17)13(12)18-14(19)8(3)15/h6-8,10H,4-5H2,1-3H3. The highest BCUT2D eigenvalue weighted by Crippen LogP contribution is 2.32. The minimum atomic E-state index is -0.640. The molecular formula is C14H17ClF2N2. The van der Waals surface area contributed by atoms with Gasteiger partial charge in [0, 0.05) is 12.1 Å². The smallest absolute Gasteiger partial charge is 0.153 e. The van der Waals surface area contributed by atoms with Crippen molar-refractivity contribution >= 4 is 22.6 Å². The maximum absolute atomic E-state index is 13.8. The van der Waals surface area contributed by atoms with Crippen LogP contribution in [0.25, 0.3) is 11.0 Å². The molecule has 0 fully saturated rings. The number of imidazole rings is 1. The first-order valence-electron chi connectivity index (χ1n) is 6.50. The van der Waals surface area contributed by atoms with E-state index in [1.165, 1.54) is 6.07 Å². The summed E-state index contributed by atoms with van der Waals surface area (Å²) in [5.74, 6) is -0.640. The van der Waals surface area contributed by atoms with Gasteiger partial charge in [0.25, 0.3) is 0 Å². The van der Waals surface area contributed by atoms with Gasteiger partial charge in [-0.05, 0) is 25.8 Å². The molecule has 0 radical (unpaired) electrons. The number of benzene rings is 1. The number of hydrogen-bond acceptors (Lipinski definition) is 1. The molecule has 0 spiro atoms. The lowest BCUT2D eigenvalue weighted by Gasteiger charge is -2.19. The van der Waals surface area contributed by atoms with Gasteiger partial charge in [-0.15, -0.1) is 11.6 Å². The molecule has 0 aliphatic carbocycles. The van der Waals surface area contributed by atoms with E-state index < -0.39 is 11.6 Å². The summed E-state index contributed by atoms with van der Waals surface area (Å²) >= 11 is 6.13. The van der Waals surface area contributed by atoms with E-state index >= 15 is 0 Å². The van der Waals surface area contributed by atoms with Gasteiger partial charge in [-0.1, -0.05) is 13.8 Å². The maximum Gasteiger partial charge on any atom is 0.153 e. The molecule has 1 atom stereocenters. The van der Waals surface area contributed by atoms with E-state index in [1.54, 1.807) is 6.92 Å². The Balaban J connectivity index is 2.79. The molecule has 0 saturated heterocycles. The van der Waals surface area contributed by atoms with Gasteiger partial charge < -0.3 is 4.57 Å². The maximum atomic E-state index is 13.8. The van der Waals surface area contributed by atoms with Crippen molar-refractivity contribution in [3.63, 3.8) is 0 Å². The van der Waals surface area contributed by atoms with Crippen LogP contribution in [-0.2, 0) is 0 Å². The number of nitrogens with zero attached hydrogens (tertiary/aromatic N) is 2. The SMILES string of the molecule is CCC(CC)n1c(C(C)Cl)nc2c(F)cc(F)cc21. The van der Waals surface area contributed by atoms with Gasteiger partial charge in [-0.25, -0.2) is 13.8 Å². The third kappa shape index (κ3) is 2.46. The third-order valence-corrected chi connectivity index (χ3v) is 3.60. The van der Waals surface area contributed by atoms with E-state index in [9.17, 15) is 8.78 Å². The van der Waals surface area contributed by atoms with Crippen molar-refractivity contribution in [1.29, 1.82) is 0 Å². The predicted octanol–water partition coefficient (Wildman–Crippen LogP) is 4.98. The molecular weight excluding hydrogens is 270 g/mol. The van der Waals surface area contributed by atoms with Gasteiger partial charge >= 0.3 is 0 Å². The number of alkyl halides is 1. The van der Waals surface area contributed by atoms with Gasteiger partial charge in [0.2, 0.25) is 0 Å². The highest BCUT2D eigenvalue weighted by atomic mass is 35.5. The first-order valence-corrected chi connectivity index (χ1v) is 6.94. The zero-order chi connectivity index (χ0) is 14.2. The Bertz CT molecular complexity index is 589. The molecule has 1 aromatic heterocycles. The summed E-state index contributed by atoms with van der Waals surface area (Å²) < 4.78 is 29.1. The Labute approximate surface area is 116 Å². The molecule has 104 valence electrons. The van der Waals surface area contributed by atoms with E-state index in [4.69, 9.17) is 11.6 Å². The number of aromatic nitrogens is 2. The minimum absolute atomic E-state index is 0.141. The van der Waals surface area contributed by atoms with Crippen LogP contribution in [0.5, 0.6) is 0 Å². The van der Waals surface area contributed by atoms with Crippen LogP contribution >= 0.6 is 11.6 Å². The molecule has 2 nitrogen and oxygen atoms in total. The fourth-order valence-electron chi connectivity index (χ4n) is 2.46. The lowest BCUT2D eigenvalue weighted by atomic mass is 10.1. The predicted molar refractivity (Wildman–Crippen MR) is 73.5 cm³/mol. The van der Waals surface area contributed by atoms with Crippen LogP contribution < -0.4 is 0 Å². The van der Waals surface area contributed by atoms with Crippen LogP contribution in [0, 0.1) is 11.6 Å². The van der Waals surface area contributed by atoms with Crippen molar-refractivity contribution in [2.75, 3.05) is 0 Å². The summed E-state index contributed by atoms with van der Waals surface area (Å²) in [4.78, 5) is 4.26. The number of rotatable bonds is 4. The fourth-order valence-corrected chi connectivity index (χ4v) is 2.61. The monoisotopic (exact) mass is 286 g/mol. The number of halogens is 3. The molecule has 19 heavy (non-hydrogen) atoms. The van der Waals surface area contributed by atoms with Crippen LogP contribution in [-0.4, -0.2) is 9.55 Å². The molecule has 0 bridgehead atoms. The van der Waals surface area contributed by atoms with Crippen LogP contribution in [0.4, 0.5) is 8.78 Å². The summed E-state index contributed by atoms with van der Waals surface area (Å²) in [5, 5.41) is -0.351. The first kappa shape index (κ1) is 14.3. The van der Waals surface area contributed by atoms with Crippen molar-refractivity contribution < 1.29 is 8.78 Å². The summed E-state index contributed by atoms with van der Waals surface area (Å²) in [7, 11) is 0. The van der Waals surface area contributed by atoms with Crippen molar-refractivity contribution in [1.82, 2.24) is 9.55 Å². The van der Waals surface area contributed by atoms with Gasteiger partial charge in [0.15, 0.2) is 5.82 Å². The van der Waals surface area contributed by atoms with Crippen LogP contribution in [0.1, 0.15) is 50.9 Å². The molecule has 0 amide bonds. The molecule has 0 aliphatic rings. The Kier molecular flexibility index (Phi) is 4.09. The number of hydrogen-bond donors (Lipinski definition) is 0. The lowest BCUT2D eigenvalue weighted by Crippen LogP contribution is -2.11. The number of fused-ring (bicyclic) bond motifs is 1. The van der Waals surface area contributed by atoms with E-state index in [0.29, 0.717) is 11.3 Å². The van der Waals surface area contributed by atoms with Crippen molar-refractivity contribution in [2.24, 2.45) is 0 Å². The Morgan fingerprint density at radius 2 is 1.89 bits per heavy atom. The zero-order valence-corrected chi connectivity index (χ0v) is 12.0. The Morgan fingerprint density at radius 3 is 2.42 bits per heavy atom. The largest absolute Gasteiger partial charge is 0.323 e. The quantitative estimate of drug-likeness (QED) is 0.725. The second-order valence-electron chi connectivity index (χ2n) is 4.68. The molecule has 2 aromatic rings. The molecule has 1 unspecified atom stereocenters. The van der Waals surface area contributed by atoms with Gasteiger partial charge in [0.1, 0.15) is 17.2 Å². The minimum Gasteiger partial charge on any atom is -0.323 e. The molecule has 0 N–H and O–H groups in total. The fraction of sp³-hybridized carbons (Fsp3) is 0.500. The third-order valence-electron chi connectivity index (χ3n) is 3.40. The molecule has 0 saturated carbocycles. The van der Waals surface area contributed by atoms with E-state index in [0.717, 1.165) is 18.9 Å². The summed E-state index contributed by atoms with van der Waals surface area (Å²) in [6, 6.07) is 2.32. The van der Waals surface area contributed by atoms with Crippen molar-refractivity contribution in [3.05, 3.63) is 29.6 Å². The second kappa shape index (κ2) is 5.45. The van der Waals surface area contributed by atoms with Gasteiger partial charge in [-0.2, -0.15) is 0 Å². The van der Waals surface area contributed by atoms with E-state index in [1.807, 2.05) is 18.4 Å². The van der Waals surface area contributed by atoms with Crippen molar-refractivity contribution in [2.45, 2.75) is 45.0 Å². The van der Waals surface area contributed by atoms with Crippen LogP contribution in [0.15, 0.2) is 12.1 Å². The average Bonchev–Trinajstić information content (AvgIpc) is 2.71. The van der Waals surface area contributed by atoms with Gasteiger partial charge in [0.05, 0.1) is 10.9 Å². The topological polar surface area (TPSA) is 17.8 Å². The highest BCUT2D eigenvalue weighted by molar-refractivity contribution is 6.20. The van der Waals surface area contributed by atoms with E-state index in [-0.39, 0.29) is 16.9 Å². The average molecular weight is 287 g/mol. The molecule has 1 aromatic carbocycles. The summed E-state index contributed by atoms with van der Waals surface area (Å²) in [5.41, 5.74) is 0.671. The molecule has 0 aliphatic heterocycles. The second-order valence-corrected chi connectivity index (χ2v) is 5.34. The van der Waals surface area contributed by atoms with E-state index in [2.05, 4.69) is 4.98 Å². The normalized spacial score (nSPS) is 13.4. The highest BCUT2D eigenvalue weighted by Gasteiger charge is 2.22. The summed E-state index contributed by atoms with van der Waals surface area (Å²) in [6.07, 6.45) is 1.72. The zero-order valence-electron chi connectivity index (χ0n) is 11.3. The lowest BCUT2D eigenvalue weighted by molar-refractivity contribution is 0.466. The molecule has 2 rings (SSSR count). The van der Waals surface area contributed by atoms with Crippen LogP contribution in [0.3, 0.4) is 0 Å².